The molecule has 1 aromatic heterocycles. The van der Waals surface area contributed by atoms with Crippen LogP contribution in [0.4, 0.5) is 9.80 Å². The van der Waals surface area contributed by atoms with Crippen molar-refractivity contribution in [2.45, 2.75) is 26.8 Å². The molecule has 1 heterocycles. The summed E-state index contributed by atoms with van der Waals surface area (Å²) in [7, 11) is 0. The molecule has 0 saturated heterocycles. The van der Waals surface area contributed by atoms with Gasteiger partial charge in [0.15, 0.2) is 0 Å². The zero-order valence-corrected chi connectivity index (χ0v) is 10.1. The second-order valence-electron chi connectivity index (χ2n) is 3.66. The number of aryl methyl sites for hydroxylation is 1. The number of thiophene rings is 1. The summed E-state index contributed by atoms with van der Waals surface area (Å²) < 4.78 is 0. The summed E-state index contributed by atoms with van der Waals surface area (Å²) in [5.74, 6) is -1.04. The molecule has 0 spiro atoms. The van der Waals surface area contributed by atoms with Crippen molar-refractivity contribution in [3.63, 3.8) is 0 Å². The Morgan fingerprint density at radius 2 is 2.06 bits per heavy atom. The number of rotatable bonds is 3. The highest BCUT2D eigenvalue weighted by Gasteiger charge is 2.15. The first kappa shape index (κ1) is 12.5. The monoisotopic (exact) mass is 242 g/mol. The highest BCUT2D eigenvalue weighted by molar-refractivity contribution is 7.16. The predicted octanol–water partition coefficient (Wildman–Crippen LogP) is 2.28. The van der Waals surface area contributed by atoms with Crippen LogP contribution in [0.2, 0.25) is 0 Å². The third kappa shape index (κ3) is 3.23. The standard InChI is InChI=1S/C10H14N2O3S/c1-5(2)11-10(15)12-8-7(9(13)14)4-6(3)16-8/h4-5H,1-3H3,(H,13,14)(H2,11,12,15). The zero-order chi connectivity index (χ0) is 12.3. The first-order valence-electron chi connectivity index (χ1n) is 4.81. The largest absolute Gasteiger partial charge is 0.478 e. The minimum absolute atomic E-state index is 0.00865. The van der Waals surface area contributed by atoms with Gasteiger partial charge in [0, 0.05) is 10.9 Å². The van der Waals surface area contributed by atoms with Crippen LogP contribution in [0.3, 0.4) is 0 Å². The molecular formula is C10H14N2O3S. The molecule has 5 nitrogen and oxygen atoms in total. The summed E-state index contributed by atoms with van der Waals surface area (Å²) in [6, 6.07) is 1.16. The van der Waals surface area contributed by atoms with Gasteiger partial charge in [0.05, 0.1) is 5.56 Å². The molecule has 0 unspecified atom stereocenters. The highest BCUT2D eigenvalue weighted by atomic mass is 32.1. The van der Waals surface area contributed by atoms with E-state index in [1.165, 1.54) is 17.4 Å². The Morgan fingerprint density at radius 3 is 2.56 bits per heavy atom. The molecule has 1 rings (SSSR count). The molecule has 88 valence electrons. The number of anilines is 1. The highest BCUT2D eigenvalue weighted by Crippen LogP contribution is 2.27. The lowest BCUT2D eigenvalue weighted by Gasteiger charge is -2.09. The Labute approximate surface area is 97.5 Å². The lowest BCUT2D eigenvalue weighted by molar-refractivity contribution is 0.0698. The van der Waals surface area contributed by atoms with Crippen LogP contribution in [0.5, 0.6) is 0 Å². The summed E-state index contributed by atoms with van der Waals surface area (Å²) in [5, 5.41) is 14.4. The maximum atomic E-state index is 11.4. The number of nitrogens with one attached hydrogen (secondary N) is 2. The summed E-state index contributed by atoms with van der Waals surface area (Å²) in [4.78, 5) is 23.1. The Morgan fingerprint density at radius 1 is 1.44 bits per heavy atom. The van der Waals surface area contributed by atoms with E-state index < -0.39 is 5.97 Å². The van der Waals surface area contributed by atoms with E-state index in [1.54, 1.807) is 6.92 Å². The van der Waals surface area contributed by atoms with Crippen LogP contribution in [0.1, 0.15) is 29.1 Å². The third-order valence-corrected chi connectivity index (χ3v) is 2.70. The number of aromatic carboxylic acids is 1. The van der Waals surface area contributed by atoms with Gasteiger partial charge in [0.25, 0.3) is 0 Å². The first-order chi connectivity index (χ1) is 7.40. The van der Waals surface area contributed by atoms with Crippen LogP contribution in [-0.4, -0.2) is 23.1 Å². The second-order valence-corrected chi connectivity index (χ2v) is 4.91. The van der Waals surface area contributed by atoms with Crippen molar-refractivity contribution in [2.75, 3.05) is 5.32 Å². The normalized spacial score (nSPS) is 10.2. The molecule has 0 fully saturated rings. The summed E-state index contributed by atoms with van der Waals surface area (Å²) in [5.41, 5.74) is 0.126. The quantitative estimate of drug-likeness (QED) is 0.760. The predicted molar refractivity (Wildman–Crippen MR) is 63.3 cm³/mol. The molecule has 3 N–H and O–H groups in total. The van der Waals surface area contributed by atoms with Gasteiger partial charge in [-0.3, -0.25) is 5.32 Å². The van der Waals surface area contributed by atoms with Gasteiger partial charge in [-0.2, -0.15) is 0 Å². The minimum atomic E-state index is -1.04. The molecule has 16 heavy (non-hydrogen) atoms. The number of carbonyl (C=O) groups excluding carboxylic acids is 1. The van der Waals surface area contributed by atoms with E-state index in [0.717, 1.165) is 4.88 Å². The van der Waals surface area contributed by atoms with Gasteiger partial charge in [0.2, 0.25) is 0 Å². The molecule has 0 bridgehead atoms. The maximum absolute atomic E-state index is 11.4. The van der Waals surface area contributed by atoms with E-state index in [1.807, 2.05) is 13.8 Å². The number of carbonyl (C=O) groups is 2. The molecule has 6 heteroatoms. The molecule has 0 aromatic carbocycles. The van der Waals surface area contributed by atoms with Crippen molar-refractivity contribution >= 4 is 28.3 Å². The summed E-state index contributed by atoms with van der Waals surface area (Å²) >= 11 is 1.25. The van der Waals surface area contributed by atoms with E-state index >= 15 is 0 Å². The molecule has 0 aliphatic rings. The Hall–Kier alpha value is -1.56. The number of carboxylic acids is 1. The number of urea groups is 1. The van der Waals surface area contributed by atoms with Crippen LogP contribution in [0.15, 0.2) is 6.07 Å². The van der Waals surface area contributed by atoms with Crippen molar-refractivity contribution in [1.29, 1.82) is 0 Å². The lowest BCUT2D eigenvalue weighted by Crippen LogP contribution is -2.34. The molecule has 1 aromatic rings. The first-order valence-corrected chi connectivity index (χ1v) is 5.63. The third-order valence-electron chi connectivity index (χ3n) is 1.73. The van der Waals surface area contributed by atoms with Crippen molar-refractivity contribution in [2.24, 2.45) is 0 Å². The Balaban J connectivity index is 2.80. The van der Waals surface area contributed by atoms with Crippen LogP contribution >= 0.6 is 11.3 Å². The maximum Gasteiger partial charge on any atom is 0.338 e. The van der Waals surface area contributed by atoms with E-state index in [0.29, 0.717) is 5.00 Å². The van der Waals surface area contributed by atoms with E-state index in [2.05, 4.69) is 10.6 Å². The van der Waals surface area contributed by atoms with Crippen molar-refractivity contribution < 1.29 is 14.7 Å². The topological polar surface area (TPSA) is 78.4 Å². The molecule has 0 saturated carbocycles. The van der Waals surface area contributed by atoms with Crippen LogP contribution in [-0.2, 0) is 0 Å². The zero-order valence-electron chi connectivity index (χ0n) is 9.33. The molecular weight excluding hydrogens is 228 g/mol. The van der Waals surface area contributed by atoms with Gasteiger partial charge in [-0.15, -0.1) is 11.3 Å². The number of amides is 2. The number of hydrogen-bond acceptors (Lipinski definition) is 3. The number of hydrogen-bond donors (Lipinski definition) is 3. The molecule has 0 radical (unpaired) electrons. The van der Waals surface area contributed by atoms with Gasteiger partial charge in [-0.1, -0.05) is 0 Å². The second kappa shape index (κ2) is 4.98. The molecule has 0 aliphatic heterocycles. The van der Waals surface area contributed by atoms with Gasteiger partial charge in [-0.25, -0.2) is 9.59 Å². The minimum Gasteiger partial charge on any atom is -0.478 e. The molecule has 0 aliphatic carbocycles. The fourth-order valence-electron chi connectivity index (χ4n) is 1.17. The Kier molecular flexibility index (Phi) is 3.89. The van der Waals surface area contributed by atoms with Gasteiger partial charge in [-0.05, 0) is 26.8 Å². The molecule has 2 amide bonds. The van der Waals surface area contributed by atoms with Gasteiger partial charge < -0.3 is 10.4 Å². The van der Waals surface area contributed by atoms with E-state index in [4.69, 9.17) is 5.11 Å². The van der Waals surface area contributed by atoms with Crippen molar-refractivity contribution in [3.8, 4) is 0 Å². The van der Waals surface area contributed by atoms with Gasteiger partial charge in [0.1, 0.15) is 5.00 Å². The molecule has 0 atom stereocenters. The van der Waals surface area contributed by atoms with Crippen LogP contribution < -0.4 is 10.6 Å². The van der Waals surface area contributed by atoms with Gasteiger partial charge >= 0.3 is 12.0 Å². The van der Waals surface area contributed by atoms with Crippen LogP contribution in [0, 0.1) is 6.92 Å². The smallest absolute Gasteiger partial charge is 0.338 e. The van der Waals surface area contributed by atoms with Crippen molar-refractivity contribution in [1.82, 2.24) is 5.32 Å². The average Bonchev–Trinajstić information content (AvgIpc) is 2.44. The fourth-order valence-corrected chi connectivity index (χ4v) is 2.07. The lowest BCUT2D eigenvalue weighted by atomic mass is 10.3. The Bertz CT molecular complexity index is 412. The summed E-state index contributed by atoms with van der Waals surface area (Å²) in [6.07, 6.45) is 0. The van der Waals surface area contributed by atoms with Crippen molar-refractivity contribution in [3.05, 3.63) is 16.5 Å². The summed E-state index contributed by atoms with van der Waals surface area (Å²) in [6.45, 7) is 5.46. The fraction of sp³-hybridized carbons (Fsp3) is 0.400. The number of carboxylic acid groups (broad SMARTS) is 1. The van der Waals surface area contributed by atoms with E-state index in [-0.39, 0.29) is 17.6 Å². The average molecular weight is 242 g/mol. The van der Waals surface area contributed by atoms with Crippen LogP contribution in [0.25, 0.3) is 0 Å². The SMILES string of the molecule is Cc1cc(C(=O)O)c(NC(=O)NC(C)C)s1. The van der Waals surface area contributed by atoms with E-state index in [9.17, 15) is 9.59 Å².